The fourth-order valence-corrected chi connectivity index (χ4v) is 2.58. The molecule has 1 aromatic rings. The third-order valence-electron chi connectivity index (χ3n) is 3.12. The Balaban J connectivity index is 1.98. The second-order valence-corrected chi connectivity index (χ2v) is 4.80. The van der Waals surface area contributed by atoms with Crippen molar-refractivity contribution in [1.82, 2.24) is 20.0 Å². The Morgan fingerprint density at radius 3 is 2.69 bits per heavy atom. The van der Waals surface area contributed by atoms with Gasteiger partial charge in [0.1, 0.15) is 0 Å². The lowest BCUT2D eigenvalue weighted by Gasteiger charge is -2.36. The van der Waals surface area contributed by atoms with Crippen LogP contribution in [0.1, 0.15) is 26.5 Å². The molecule has 4 nitrogen and oxygen atoms in total. The summed E-state index contributed by atoms with van der Waals surface area (Å²) in [6, 6.07) is 3.30. The third-order valence-corrected chi connectivity index (χ3v) is 3.12. The molecule has 1 fully saturated rings. The lowest BCUT2D eigenvalue weighted by Crippen LogP contribution is -2.53. The minimum atomic E-state index is 0.585. The number of nitrogens with zero attached hydrogens (tertiary/aromatic N) is 3. The van der Waals surface area contributed by atoms with Gasteiger partial charge in [-0.1, -0.05) is 0 Å². The second-order valence-electron chi connectivity index (χ2n) is 4.80. The van der Waals surface area contributed by atoms with Crippen LogP contribution in [-0.2, 0) is 13.1 Å². The van der Waals surface area contributed by atoms with Crippen LogP contribution in [0.25, 0.3) is 0 Å². The van der Waals surface area contributed by atoms with E-state index >= 15 is 0 Å². The number of hydrogen-bond donors (Lipinski definition) is 1. The Morgan fingerprint density at radius 2 is 2.06 bits per heavy atom. The Morgan fingerprint density at radius 1 is 1.38 bits per heavy atom. The van der Waals surface area contributed by atoms with Gasteiger partial charge in [-0.2, -0.15) is 5.10 Å². The standard InChI is InChI=1S/C12H22N4/c1-4-16-12(5-6-13-16)9-15-7-10(2)14-11(3)8-15/h5-6,10-11,14H,4,7-9H2,1-3H3. The molecule has 90 valence electrons. The van der Waals surface area contributed by atoms with E-state index in [1.165, 1.54) is 5.69 Å². The van der Waals surface area contributed by atoms with Gasteiger partial charge in [0.15, 0.2) is 0 Å². The molecule has 1 saturated heterocycles. The largest absolute Gasteiger partial charge is 0.309 e. The lowest BCUT2D eigenvalue weighted by atomic mass is 10.1. The minimum Gasteiger partial charge on any atom is -0.309 e. The predicted octanol–water partition coefficient (Wildman–Crippen LogP) is 1.09. The highest BCUT2D eigenvalue weighted by molar-refractivity contribution is 5.01. The number of aryl methyl sites for hydroxylation is 1. The van der Waals surface area contributed by atoms with Crippen LogP contribution >= 0.6 is 0 Å². The summed E-state index contributed by atoms with van der Waals surface area (Å²) in [5.41, 5.74) is 1.32. The maximum absolute atomic E-state index is 4.31. The van der Waals surface area contributed by atoms with E-state index in [2.05, 4.69) is 46.8 Å². The molecule has 1 N–H and O–H groups in total. The number of rotatable bonds is 3. The average Bonchev–Trinajstić information content (AvgIpc) is 2.63. The molecule has 2 unspecified atom stereocenters. The Kier molecular flexibility index (Phi) is 3.61. The van der Waals surface area contributed by atoms with Gasteiger partial charge >= 0.3 is 0 Å². The molecular weight excluding hydrogens is 200 g/mol. The first-order chi connectivity index (χ1) is 7.69. The van der Waals surface area contributed by atoms with Crippen molar-refractivity contribution < 1.29 is 0 Å². The molecule has 0 radical (unpaired) electrons. The SMILES string of the molecule is CCn1nccc1CN1CC(C)NC(C)C1. The molecule has 0 amide bonds. The van der Waals surface area contributed by atoms with E-state index in [4.69, 9.17) is 0 Å². The van der Waals surface area contributed by atoms with Crippen LogP contribution in [0.3, 0.4) is 0 Å². The van der Waals surface area contributed by atoms with Crippen LogP contribution in [0.2, 0.25) is 0 Å². The lowest BCUT2D eigenvalue weighted by molar-refractivity contribution is 0.162. The van der Waals surface area contributed by atoms with E-state index in [0.717, 1.165) is 26.2 Å². The van der Waals surface area contributed by atoms with Crippen molar-refractivity contribution in [3.8, 4) is 0 Å². The summed E-state index contributed by atoms with van der Waals surface area (Å²) in [6.07, 6.45) is 1.90. The van der Waals surface area contributed by atoms with Crippen molar-refractivity contribution in [3.63, 3.8) is 0 Å². The molecule has 1 aromatic heterocycles. The van der Waals surface area contributed by atoms with E-state index in [-0.39, 0.29) is 0 Å². The van der Waals surface area contributed by atoms with Crippen LogP contribution in [0.15, 0.2) is 12.3 Å². The molecule has 1 aliphatic rings. The first-order valence-electron chi connectivity index (χ1n) is 6.18. The van der Waals surface area contributed by atoms with Gasteiger partial charge in [-0.15, -0.1) is 0 Å². The van der Waals surface area contributed by atoms with Crippen LogP contribution in [0.4, 0.5) is 0 Å². The van der Waals surface area contributed by atoms with Gasteiger partial charge in [0.2, 0.25) is 0 Å². The zero-order valence-electron chi connectivity index (χ0n) is 10.5. The Labute approximate surface area is 97.6 Å². The topological polar surface area (TPSA) is 33.1 Å². The van der Waals surface area contributed by atoms with Gasteiger partial charge < -0.3 is 5.32 Å². The molecule has 2 heterocycles. The van der Waals surface area contributed by atoms with E-state index in [1.807, 2.05) is 6.20 Å². The fraction of sp³-hybridized carbons (Fsp3) is 0.750. The Bertz CT molecular complexity index is 324. The molecular formula is C12H22N4. The van der Waals surface area contributed by atoms with Crippen molar-refractivity contribution in [2.45, 2.75) is 45.9 Å². The van der Waals surface area contributed by atoms with Crippen LogP contribution in [-0.4, -0.2) is 39.9 Å². The van der Waals surface area contributed by atoms with E-state index in [9.17, 15) is 0 Å². The van der Waals surface area contributed by atoms with Crippen molar-refractivity contribution in [1.29, 1.82) is 0 Å². The van der Waals surface area contributed by atoms with Gasteiger partial charge in [0, 0.05) is 44.5 Å². The quantitative estimate of drug-likeness (QED) is 0.831. The van der Waals surface area contributed by atoms with Crippen LogP contribution < -0.4 is 5.32 Å². The highest BCUT2D eigenvalue weighted by Gasteiger charge is 2.21. The summed E-state index contributed by atoms with van der Waals surface area (Å²) in [5.74, 6) is 0. The molecule has 16 heavy (non-hydrogen) atoms. The fourth-order valence-electron chi connectivity index (χ4n) is 2.58. The first kappa shape index (κ1) is 11.6. The number of piperazine rings is 1. The van der Waals surface area contributed by atoms with Crippen LogP contribution in [0.5, 0.6) is 0 Å². The monoisotopic (exact) mass is 222 g/mol. The molecule has 4 heteroatoms. The maximum Gasteiger partial charge on any atom is 0.0524 e. The summed E-state index contributed by atoms with van der Waals surface area (Å²) < 4.78 is 2.08. The van der Waals surface area contributed by atoms with Crippen molar-refractivity contribution in [3.05, 3.63) is 18.0 Å². The number of nitrogens with one attached hydrogen (secondary N) is 1. The van der Waals surface area contributed by atoms with Gasteiger partial charge in [0.05, 0.1) is 5.69 Å². The summed E-state index contributed by atoms with van der Waals surface area (Å²) in [7, 11) is 0. The molecule has 0 saturated carbocycles. The smallest absolute Gasteiger partial charge is 0.0524 e. The van der Waals surface area contributed by atoms with Crippen molar-refractivity contribution in [2.24, 2.45) is 0 Å². The molecule has 0 bridgehead atoms. The third kappa shape index (κ3) is 2.62. The summed E-state index contributed by atoms with van der Waals surface area (Å²) in [4.78, 5) is 2.51. The molecule has 2 atom stereocenters. The van der Waals surface area contributed by atoms with Crippen LogP contribution in [0, 0.1) is 0 Å². The molecule has 1 aliphatic heterocycles. The zero-order valence-corrected chi connectivity index (χ0v) is 10.5. The average molecular weight is 222 g/mol. The molecule has 0 aliphatic carbocycles. The minimum absolute atomic E-state index is 0.585. The zero-order chi connectivity index (χ0) is 11.5. The Hall–Kier alpha value is -0.870. The maximum atomic E-state index is 4.31. The van der Waals surface area contributed by atoms with Gasteiger partial charge in [0.25, 0.3) is 0 Å². The van der Waals surface area contributed by atoms with E-state index in [0.29, 0.717) is 12.1 Å². The molecule has 0 spiro atoms. The summed E-state index contributed by atoms with van der Waals surface area (Å²) >= 11 is 0. The molecule has 2 rings (SSSR count). The highest BCUT2D eigenvalue weighted by Crippen LogP contribution is 2.09. The van der Waals surface area contributed by atoms with Gasteiger partial charge in [-0.05, 0) is 26.8 Å². The van der Waals surface area contributed by atoms with E-state index in [1.54, 1.807) is 0 Å². The first-order valence-corrected chi connectivity index (χ1v) is 6.18. The normalized spacial score (nSPS) is 27.2. The summed E-state index contributed by atoms with van der Waals surface area (Å²) in [5, 5.41) is 7.87. The number of aromatic nitrogens is 2. The van der Waals surface area contributed by atoms with E-state index < -0.39 is 0 Å². The number of hydrogen-bond acceptors (Lipinski definition) is 3. The second kappa shape index (κ2) is 4.97. The van der Waals surface area contributed by atoms with Gasteiger partial charge in [-0.3, -0.25) is 9.58 Å². The van der Waals surface area contributed by atoms with Gasteiger partial charge in [-0.25, -0.2) is 0 Å². The predicted molar refractivity (Wildman–Crippen MR) is 65.2 cm³/mol. The summed E-state index contributed by atoms with van der Waals surface area (Å²) in [6.45, 7) is 10.9. The van der Waals surface area contributed by atoms with Crippen molar-refractivity contribution in [2.75, 3.05) is 13.1 Å². The molecule has 0 aromatic carbocycles. The van der Waals surface area contributed by atoms with Crippen molar-refractivity contribution >= 4 is 0 Å². The highest BCUT2D eigenvalue weighted by atomic mass is 15.3.